The number of methoxy groups -OCH3 is 2. The van der Waals surface area contributed by atoms with Crippen molar-refractivity contribution in [3.8, 4) is 17.2 Å². The molecule has 0 saturated carbocycles. The van der Waals surface area contributed by atoms with E-state index in [0.717, 1.165) is 9.87 Å². The summed E-state index contributed by atoms with van der Waals surface area (Å²) in [7, 11) is -1.96. The third-order valence-electron chi connectivity index (χ3n) is 8.27. The number of amides is 1. The molecule has 2 atom stereocenters. The number of anilines is 1. The summed E-state index contributed by atoms with van der Waals surface area (Å²) >= 11 is 0. The first kappa shape index (κ1) is 37.2. The summed E-state index contributed by atoms with van der Waals surface area (Å²) in [6.45, 7) is 5.20. The molecule has 0 aliphatic carbocycles. The van der Waals surface area contributed by atoms with Crippen LogP contribution in [0, 0.1) is 23.4 Å². The molecule has 15 heteroatoms. The number of benzene rings is 3. The quantitative estimate of drug-likeness (QED) is 0.166. The van der Waals surface area contributed by atoms with E-state index in [1.165, 1.54) is 49.7 Å². The van der Waals surface area contributed by atoms with Crippen LogP contribution in [0.3, 0.4) is 0 Å². The highest BCUT2D eigenvalue weighted by atomic mass is 32.2. The van der Waals surface area contributed by atoms with Gasteiger partial charge in [-0.2, -0.15) is 0 Å². The zero-order chi connectivity index (χ0) is 36.9. The second kappa shape index (κ2) is 15.5. The average molecular weight is 729 g/mol. The van der Waals surface area contributed by atoms with Crippen LogP contribution in [-0.2, 0) is 21.3 Å². The molecular weight excluding hydrogens is 689 g/mol. The summed E-state index contributed by atoms with van der Waals surface area (Å²) in [5, 5.41) is 0. The van der Waals surface area contributed by atoms with Crippen molar-refractivity contribution in [1.82, 2.24) is 14.9 Å². The van der Waals surface area contributed by atoms with Gasteiger partial charge >= 0.3 is 6.09 Å². The molecule has 1 fully saturated rings. The van der Waals surface area contributed by atoms with Crippen LogP contribution in [0.25, 0.3) is 0 Å². The summed E-state index contributed by atoms with van der Waals surface area (Å²) in [5.74, 6) is -3.54. The van der Waals surface area contributed by atoms with Crippen molar-refractivity contribution in [2.45, 2.75) is 50.2 Å². The third kappa shape index (κ3) is 8.82. The van der Waals surface area contributed by atoms with E-state index < -0.39 is 55.7 Å². The number of aromatic nitrogens is 2. The molecule has 1 aliphatic heterocycles. The lowest BCUT2D eigenvalue weighted by Crippen LogP contribution is -2.46. The van der Waals surface area contributed by atoms with Gasteiger partial charge in [0.2, 0.25) is 5.95 Å². The van der Waals surface area contributed by atoms with Crippen molar-refractivity contribution < 1.29 is 45.3 Å². The number of carbonyl (C=O) groups excluding carboxylic acids is 1. The molecule has 0 spiro atoms. The van der Waals surface area contributed by atoms with Crippen LogP contribution in [-0.4, -0.2) is 68.9 Å². The van der Waals surface area contributed by atoms with E-state index in [9.17, 15) is 17.6 Å². The maximum absolute atomic E-state index is 15.8. The molecule has 1 amide bonds. The molecule has 4 aromatic rings. The SMILES string of the molecule is COc1ccc(CN(c2ncccn2)S(=O)(=O)c2cc(F)c(OC[C@@H]3CN(C(=O)OC(C)(C)C)CCC3c3ccc(F)cc3)cc2F)c(OC)c1. The Morgan fingerprint density at radius 1 is 0.941 bits per heavy atom. The second-order valence-electron chi connectivity index (χ2n) is 12.9. The number of likely N-dealkylation sites (tertiary alicyclic amines) is 1. The highest BCUT2D eigenvalue weighted by molar-refractivity contribution is 7.92. The molecule has 3 aromatic carbocycles. The number of hydrogen-bond acceptors (Lipinski definition) is 9. The zero-order valence-electron chi connectivity index (χ0n) is 28.8. The Morgan fingerprint density at radius 2 is 1.65 bits per heavy atom. The molecule has 11 nitrogen and oxygen atoms in total. The molecule has 1 saturated heterocycles. The Balaban J connectivity index is 1.42. The summed E-state index contributed by atoms with van der Waals surface area (Å²) < 4.78 is 96.0. The lowest BCUT2D eigenvalue weighted by molar-refractivity contribution is 0.0110. The largest absolute Gasteiger partial charge is 0.497 e. The van der Waals surface area contributed by atoms with Crippen LogP contribution >= 0.6 is 0 Å². The van der Waals surface area contributed by atoms with Gasteiger partial charge in [0.05, 0.1) is 27.4 Å². The summed E-state index contributed by atoms with van der Waals surface area (Å²) in [6.07, 6.45) is 2.58. The standard InChI is InChI=1S/C36H39F3N4O7S/c1-36(2,3)50-35(44)42-16-13-28(23-7-10-26(37)11-8-23)25(20-42)22-49-32-18-30(39)33(19-29(32)38)51(45,46)43(34-40-14-6-15-41-34)21-24-9-12-27(47-4)17-31(24)48-5/h6-12,14-15,17-19,25,28H,13,16,20-22H2,1-5H3/t25-,28?/m0/s1. The Labute approximate surface area is 295 Å². The zero-order valence-corrected chi connectivity index (χ0v) is 29.6. The van der Waals surface area contributed by atoms with Crippen molar-refractivity contribution >= 4 is 22.1 Å². The molecule has 0 N–H and O–H groups in total. The number of carbonyl (C=O) groups is 1. The van der Waals surface area contributed by atoms with Gasteiger partial charge in [-0.25, -0.2) is 40.7 Å². The maximum Gasteiger partial charge on any atom is 0.410 e. The van der Waals surface area contributed by atoms with Crippen LogP contribution < -0.4 is 18.5 Å². The minimum absolute atomic E-state index is 0.161. The molecule has 2 heterocycles. The maximum atomic E-state index is 15.8. The van der Waals surface area contributed by atoms with Crippen molar-refractivity contribution in [2.75, 3.05) is 38.2 Å². The van der Waals surface area contributed by atoms with Gasteiger partial charge in [-0.15, -0.1) is 0 Å². The van der Waals surface area contributed by atoms with Crippen molar-refractivity contribution in [2.24, 2.45) is 5.92 Å². The first-order valence-corrected chi connectivity index (χ1v) is 17.5. The number of rotatable bonds is 11. The highest BCUT2D eigenvalue weighted by Gasteiger charge is 2.36. The van der Waals surface area contributed by atoms with Crippen LogP contribution in [0.1, 0.15) is 44.2 Å². The predicted octanol–water partition coefficient (Wildman–Crippen LogP) is 6.73. The van der Waals surface area contributed by atoms with E-state index in [2.05, 4.69) is 9.97 Å². The van der Waals surface area contributed by atoms with Gasteiger partial charge in [0, 0.05) is 55.2 Å². The van der Waals surface area contributed by atoms with Crippen molar-refractivity contribution in [1.29, 1.82) is 0 Å². The van der Waals surface area contributed by atoms with E-state index in [1.807, 2.05) is 0 Å². The normalized spacial score (nSPS) is 16.4. The van der Waals surface area contributed by atoms with Gasteiger partial charge in [-0.3, -0.25) is 0 Å². The van der Waals surface area contributed by atoms with Crippen LogP contribution in [0.4, 0.5) is 23.9 Å². The molecule has 1 aliphatic rings. The number of nitrogens with zero attached hydrogens (tertiary/aromatic N) is 4. The fourth-order valence-electron chi connectivity index (χ4n) is 5.80. The molecule has 1 unspecified atom stereocenters. The number of halogens is 3. The minimum atomic E-state index is -4.82. The fraction of sp³-hybridized carbons (Fsp3) is 0.361. The van der Waals surface area contributed by atoms with Gasteiger partial charge in [-0.05, 0) is 69.0 Å². The monoisotopic (exact) mass is 728 g/mol. The second-order valence-corrected chi connectivity index (χ2v) is 14.7. The fourth-order valence-corrected chi connectivity index (χ4v) is 7.21. The Bertz CT molecular complexity index is 1950. The van der Waals surface area contributed by atoms with Gasteiger partial charge in [-0.1, -0.05) is 12.1 Å². The van der Waals surface area contributed by atoms with E-state index in [0.29, 0.717) is 36.4 Å². The van der Waals surface area contributed by atoms with Gasteiger partial charge in [0.25, 0.3) is 10.0 Å². The van der Waals surface area contributed by atoms with Gasteiger partial charge in [0.15, 0.2) is 11.6 Å². The summed E-state index contributed by atoms with van der Waals surface area (Å²) in [6, 6.07) is 13.4. The van der Waals surface area contributed by atoms with Crippen molar-refractivity contribution in [3.63, 3.8) is 0 Å². The predicted molar refractivity (Wildman–Crippen MR) is 182 cm³/mol. The van der Waals surface area contributed by atoms with Gasteiger partial charge in [0.1, 0.15) is 33.6 Å². The highest BCUT2D eigenvalue weighted by Crippen LogP contribution is 2.36. The molecule has 1 aromatic heterocycles. The molecular formula is C36H39F3N4O7S. The van der Waals surface area contributed by atoms with Gasteiger partial charge < -0.3 is 23.8 Å². The van der Waals surface area contributed by atoms with Crippen molar-refractivity contribution in [3.05, 3.63) is 102 Å². The molecule has 0 bridgehead atoms. The topological polar surface area (TPSA) is 120 Å². The Kier molecular flexibility index (Phi) is 11.3. The molecule has 0 radical (unpaired) electrons. The van der Waals surface area contributed by atoms with E-state index in [-0.39, 0.29) is 37.3 Å². The average Bonchev–Trinajstić information content (AvgIpc) is 3.10. The minimum Gasteiger partial charge on any atom is -0.497 e. The molecule has 51 heavy (non-hydrogen) atoms. The van der Waals surface area contributed by atoms with Crippen LogP contribution in [0.15, 0.2) is 78.0 Å². The lowest BCUT2D eigenvalue weighted by Gasteiger charge is -2.39. The summed E-state index contributed by atoms with van der Waals surface area (Å²) in [5.41, 5.74) is 0.431. The van der Waals surface area contributed by atoms with Crippen LogP contribution in [0.5, 0.6) is 17.2 Å². The number of ether oxygens (including phenoxy) is 4. The smallest absolute Gasteiger partial charge is 0.410 e. The van der Waals surface area contributed by atoms with E-state index in [4.69, 9.17) is 18.9 Å². The number of sulfonamides is 1. The Morgan fingerprint density at radius 3 is 2.29 bits per heavy atom. The summed E-state index contributed by atoms with van der Waals surface area (Å²) in [4.78, 5) is 21.6. The first-order valence-electron chi connectivity index (χ1n) is 16.1. The number of piperidine rings is 1. The van der Waals surface area contributed by atoms with E-state index in [1.54, 1.807) is 51.1 Å². The van der Waals surface area contributed by atoms with Crippen LogP contribution in [0.2, 0.25) is 0 Å². The number of hydrogen-bond donors (Lipinski definition) is 0. The third-order valence-corrected chi connectivity index (χ3v) is 10.0. The first-order chi connectivity index (χ1) is 24.2. The van der Waals surface area contributed by atoms with E-state index >= 15 is 8.78 Å². The lowest BCUT2D eigenvalue weighted by atomic mass is 9.81. The Hall–Kier alpha value is -5.05. The molecule has 272 valence electrons. The molecule has 5 rings (SSSR count).